The monoisotopic (exact) mass is 349 g/mol. The van der Waals surface area contributed by atoms with Gasteiger partial charge in [0.05, 0.1) is 12.4 Å². The van der Waals surface area contributed by atoms with Crippen LogP contribution in [0.25, 0.3) is 0 Å². The molecular weight excluding hydrogens is 330 g/mol. The molecule has 1 aliphatic rings. The fourth-order valence-corrected chi connectivity index (χ4v) is 2.92. The Bertz CT molecular complexity index is 483. The van der Waals surface area contributed by atoms with Crippen molar-refractivity contribution in [1.82, 2.24) is 0 Å². The molecule has 0 bridgehead atoms. The summed E-state index contributed by atoms with van der Waals surface area (Å²) in [5.74, 6) is -2.52. The van der Waals surface area contributed by atoms with Crippen LogP contribution in [0.1, 0.15) is 20.8 Å². The Hall–Kier alpha value is -1.81. The summed E-state index contributed by atoms with van der Waals surface area (Å²) in [4.78, 5) is 44.8. The normalized spacial score (nSPS) is 26.9. The fraction of sp³-hybridized carbons (Fsp3) is 0.692. The highest BCUT2D eigenvalue weighted by Gasteiger charge is 2.47. The van der Waals surface area contributed by atoms with E-state index in [0.29, 0.717) is 0 Å². The lowest BCUT2D eigenvalue weighted by Crippen LogP contribution is -2.56. The molecule has 0 aromatic rings. The molecule has 1 rings (SSSR count). The van der Waals surface area contributed by atoms with Crippen molar-refractivity contribution in [2.24, 2.45) is 5.73 Å². The molecule has 0 aliphatic carbocycles. The van der Waals surface area contributed by atoms with Crippen LogP contribution < -0.4 is 5.73 Å². The molecule has 1 heterocycles. The van der Waals surface area contributed by atoms with Gasteiger partial charge in [-0.15, -0.1) is 11.8 Å². The number of hydrogen-bond acceptors (Lipinski definition) is 9. The second kappa shape index (κ2) is 8.73. The third-order valence-corrected chi connectivity index (χ3v) is 3.88. The Kier molecular flexibility index (Phi) is 7.30. The van der Waals surface area contributed by atoms with E-state index in [4.69, 9.17) is 24.7 Å². The van der Waals surface area contributed by atoms with E-state index >= 15 is 0 Å². The highest BCUT2D eigenvalue weighted by molar-refractivity contribution is 8.00. The maximum atomic E-state index is 11.3. The van der Waals surface area contributed by atoms with Crippen molar-refractivity contribution in [3.63, 3.8) is 0 Å². The number of hydrogen-bond donors (Lipinski definition) is 1. The van der Waals surface area contributed by atoms with Crippen LogP contribution in [0, 0.1) is 0 Å². The molecule has 1 amide bonds. The molecule has 2 N–H and O–H groups in total. The molecule has 0 aromatic carbocycles. The molecule has 1 fully saturated rings. The van der Waals surface area contributed by atoms with Crippen LogP contribution in [0.5, 0.6) is 0 Å². The van der Waals surface area contributed by atoms with Gasteiger partial charge in [-0.05, 0) is 0 Å². The molecule has 0 radical (unpaired) electrons. The number of carbonyl (C=O) groups excluding carboxylic acids is 4. The van der Waals surface area contributed by atoms with Gasteiger partial charge in [0.1, 0.15) is 5.44 Å². The molecule has 23 heavy (non-hydrogen) atoms. The summed E-state index contributed by atoms with van der Waals surface area (Å²) < 4.78 is 20.8. The van der Waals surface area contributed by atoms with E-state index in [-0.39, 0.29) is 12.4 Å². The minimum Gasteiger partial charge on any atom is -0.456 e. The van der Waals surface area contributed by atoms with Crippen molar-refractivity contribution in [1.29, 1.82) is 0 Å². The zero-order valence-corrected chi connectivity index (χ0v) is 13.8. The largest absolute Gasteiger partial charge is 0.456 e. The van der Waals surface area contributed by atoms with E-state index < -0.39 is 47.6 Å². The molecule has 0 spiro atoms. The molecule has 0 aromatic heterocycles. The predicted octanol–water partition coefficient (Wildman–Crippen LogP) is -0.644. The summed E-state index contributed by atoms with van der Waals surface area (Å²) in [6, 6.07) is 0. The quantitative estimate of drug-likeness (QED) is 0.491. The Labute approximate surface area is 137 Å². The second-order valence-electron chi connectivity index (χ2n) is 4.78. The SMILES string of the molecule is CC(=O)O[C@@H]1[C@H](OC(C)=O)[C@H](OC(C)=O)CO[C@H]1SCC(N)=O. The Morgan fingerprint density at radius 3 is 2.00 bits per heavy atom. The summed E-state index contributed by atoms with van der Waals surface area (Å²) in [6.45, 7) is 3.47. The smallest absolute Gasteiger partial charge is 0.303 e. The second-order valence-corrected chi connectivity index (χ2v) is 5.86. The number of primary amides is 1. The first-order valence-corrected chi connectivity index (χ1v) is 7.78. The standard InChI is InChI=1S/C13H19NO8S/c1-6(15)20-9-4-19-13(23-5-10(14)18)12(22-8(3)17)11(9)21-7(2)16/h9,11-13H,4-5H2,1-3H3,(H2,14,18)/t9-,11-,12-,13+/m1/s1. The van der Waals surface area contributed by atoms with Gasteiger partial charge in [-0.2, -0.15) is 0 Å². The van der Waals surface area contributed by atoms with Gasteiger partial charge in [-0.1, -0.05) is 0 Å². The third kappa shape index (κ3) is 6.45. The van der Waals surface area contributed by atoms with Crippen molar-refractivity contribution >= 4 is 35.6 Å². The van der Waals surface area contributed by atoms with Gasteiger partial charge in [0.15, 0.2) is 18.3 Å². The zero-order valence-electron chi connectivity index (χ0n) is 13.0. The van der Waals surface area contributed by atoms with Crippen LogP contribution in [0.3, 0.4) is 0 Å². The van der Waals surface area contributed by atoms with Crippen LogP contribution in [-0.4, -0.2) is 59.9 Å². The topological polar surface area (TPSA) is 131 Å². The number of esters is 3. The Balaban J connectivity index is 2.98. The molecule has 1 aliphatic heterocycles. The molecule has 9 nitrogen and oxygen atoms in total. The Morgan fingerprint density at radius 2 is 1.52 bits per heavy atom. The van der Waals surface area contributed by atoms with Crippen molar-refractivity contribution in [3.8, 4) is 0 Å². The lowest BCUT2D eigenvalue weighted by molar-refractivity contribution is -0.213. The van der Waals surface area contributed by atoms with Crippen LogP contribution in [0.15, 0.2) is 0 Å². The van der Waals surface area contributed by atoms with E-state index in [1.807, 2.05) is 0 Å². The number of thioether (sulfide) groups is 1. The molecule has 4 atom stereocenters. The van der Waals surface area contributed by atoms with Gasteiger partial charge in [-0.25, -0.2) is 0 Å². The van der Waals surface area contributed by atoms with Crippen LogP contribution in [0.4, 0.5) is 0 Å². The number of rotatable bonds is 6. The molecule has 10 heteroatoms. The maximum absolute atomic E-state index is 11.3. The minimum atomic E-state index is -1.04. The summed E-state index contributed by atoms with van der Waals surface area (Å²) in [5, 5.41) is 0. The molecule has 0 unspecified atom stereocenters. The van der Waals surface area contributed by atoms with Gasteiger partial charge in [0, 0.05) is 20.8 Å². The molecular formula is C13H19NO8S. The summed E-state index contributed by atoms with van der Waals surface area (Å²) in [5.41, 5.74) is 4.30. The van der Waals surface area contributed by atoms with Crippen molar-refractivity contribution in [3.05, 3.63) is 0 Å². The van der Waals surface area contributed by atoms with Gasteiger partial charge < -0.3 is 24.7 Å². The van der Waals surface area contributed by atoms with Gasteiger partial charge in [0.25, 0.3) is 0 Å². The van der Waals surface area contributed by atoms with Crippen molar-refractivity contribution in [2.45, 2.75) is 44.5 Å². The maximum Gasteiger partial charge on any atom is 0.303 e. The van der Waals surface area contributed by atoms with E-state index in [1.54, 1.807) is 0 Å². The van der Waals surface area contributed by atoms with Crippen molar-refractivity contribution < 1.29 is 38.1 Å². The molecule has 130 valence electrons. The summed E-state index contributed by atoms with van der Waals surface area (Å²) >= 11 is 1.00. The van der Waals surface area contributed by atoms with Crippen LogP contribution in [-0.2, 0) is 38.1 Å². The average molecular weight is 349 g/mol. The van der Waals surface area contributed by atoms with Crippen LogP contribution >= 0.6 is 11.8 Å². The summed E-state index contributed by atoms with van der Waals surface area (Å²) in [7, 11) is 0. The highest BCUT2D eigenvalue weighted by atomic mass is 32.2. The van der Waals surface area contributed by atoms with E-state index in [2.05, 4.69) is 0 Å². The minimum absolute atomic E-state index is 0.0759. The predicted molar refractivity (Wildman–Crippen MR) is 78.1 cm³/mol. The third-order valence-electron chi connectivity index (χ3n) is 2.69. The lowest BCUT2D eigenvalue weighted by Gasteiger charge is -2.40. The van der Waals surface area contributed by atoms with E-state index in [9.17, 15) is 19.2 Å². The number of carbonyl (C=O) groups is 4. The number of nitrogens with two attached hydrogens (primary N) is 1. The molecule has 0 saturated carbocycles. The first kappa shape index (κ1) is 19.2. The van der Waals surface area contributed by atoms with Gasteiger partial charge in [-0.3, -0.25) is 19.2 Å². The van der Waals surface area contributed by atoms with Crippen LogP contribution in [0.2, 0.25) is 0 Å². The van der Waals surface area contributed by atoms with Gasteiger partial charge in [0.2, 0.25) is 5.91 Å². The fourth-order valence-electron chi connectivity index (χ4n) is 2.02. The summed E-state index contributed by atoms with van der Waals surface area (Å²) in [6.07, 6.45) is -3.01. The lowest BCUT2D eigenvalue weighted by atomic mass is 10.1. The van der Waals surface area contributed by atoms with Gasteiger partial charge >= 0.3 is 17.9 Å². The number of amides is 1. The number of ether oxygens (including phenoxy) is 4. The first-order valence-electron chi connectivity index (χ1n) is 6.74. The highest BCUT2D eigenvalue weighted by Crippen LogP contribution is 2.30. The first-order chi connectivity index (χ1) is 10.7. The Morgan fingerprint density at radius 1 is 1.00 bits per heavy atom. The van der Waals surface area contributed by atoms with E-state index in [1.165, 1.54) is 20.8 Å². The zero-order chi connectivity index (χ0) is 17.6. The van der Waals surface area contributed by atoms with Crippen molar-refractivity contribution in [2.75, 3.05) is 12.4 Å². The van der Waals surface area contributed by atoms with E-state index in [0.717, 1.165) is 11.8 Å². The average Bonchev–Trinajstić information content (AvgIpc) is 2.39. The molecule has 1 saturated heterocycles.